The summed E-state index contributed by atoms with van der Waals surface area (Å²) in [5, 5.41) is 0.622. The Morgan fingerprint density at radius 3 is 2.33 bits per heavy atom. The van der Waals surface area contributed by atoms with Gasteiger partial charge in [-0.2, -0.15) is 0 Å². The first-order valence-corrected chi connectivity index (χ1v) is 11.5. The number of nitrogens with zero attached hydrogens (tertiary/aromatic N) is 2. The predicted octanol–water partition coefficient (Wildman–Crippen LogP) is 6.27. The third-order valence-corrected chi connectivity index (χ3v) is 6.36. The van der Waals surface area contributed by atoms with Crippen LogP contribution in [0.1, 0.15) is 48.7 Å². The second kappa shape index (κ2) is 9.67. The molecule has 4 rings (SSSR count). The van der Waals surface area contributed by atoms with Gasteiger partial charge in [-0.25, -0.2) is 0 Å². The van der Waals surface area contributed by atoms with Gasteiger partial charge >= 0.3 is 0 Å². The summed E-state index contributed by atoms with van der Waals surface area (Å²) in [4.78, 5) is 30.3. The largest absolute Gasteiger partial charge is 0.497 e. The molecule has 1 aliphatic rings. The molecule has 0 spiro atoms. The van der Waals surface area contributed by atoms with Gasteiger partial charge in [0.15, 0.2) is 0 Å². The van der Waals surface area contributed by atoms with Crippen LogP contribution in [0.5, 0.6) is 5.75 Å². The zero-order valence-electron chi connectivity index (χ0n) is 19.0. The van der Waals surface area contributed by atoms with Gasteiger partial charge in [0.1, 0.15) is 5.75 Å². The summed E-state index contributed by atoms with van der Waals surface area (Å²) in [6, 6.07) is 22.0. The number of carbonyl (C=O) groups is 2. The number of amides is 2. The first-order valence-electron chi connectivity index (χ1n) is 11.1. The standard InChI is InChI=1S/C27H27ClN2O3/c1-4-26(31)30(21-13-11-20(28)12-14-21)25-17-18(2)29(24-8-6-5-7-23(24)25)27(32)19-9-15-22(33-3)16-10-19/h5-16,18,25H,4,17H2,1-3H3. The first kappa shape index (κ1) is 22.9. The Labute approximate surface area is 199 Å². The molecule has 2 amide bonds. The molecule has 0 N–H and O–H groups in total. The van der Waals surface area contributed by atoms with Crippen molar-refractivity contribution in [3.63, 3.8) is 0 Å². The van der Waals surface area contributed by atoms with E-state index in [1.807, 2.05) is 60.0 Å². The highest BCUT2D eigenvalue weighted by Crippen LogP contribution is 2.43. The summed E-state index contributed by atoms with van der Waals surface area (Å²) >= 11 is 6.10. The molecule has 1 aliphatic heterocycles. The van der Waals surface area contributed by atoms with Gasteiger partial charge in [0.2, 0.25) is 5.91 Å². The van der Waals surface area contributed by atoms with Gasteiger partial charge in [-0.15, -0.1) is 0 Å². The minimum absolute atomic E-state index is 0.0271. The van der Waals surface area contributed by atoms with Crippen molar-refractivity contribution in [1.29, 1.82) is 0 Å². The lowest BCUT2D eigenvalue weighted by Crippen LogP contribution is -2.47. The molecule has 3 aromatic rings. The SMILES string of the molecule is CCC(=O)N(c1ccc(Cl)cc1)C1CC(C)N(C(=O)c2ccc(OC)cc2)c2ccccc21. The van der Waals surface area contributed by atoms with Crippen molar-refractivity contribution in [3.8, 4) is 5.75 Å². The Bertz CT molecular complexity index is 1140. The van der Waals surface area contributed by atoms with Gasteiger partial charge in [0.05, 0.1) is 13.2 Å². The third-order valence-electron chi connectivity index (χ3n) is 6.10. The van der Waals surface area contributed by atoms with Crippen LogP contribution in [0, 0.1) is 0 Å². The van der Waals surface area contributed by atoms with E-state index >= 15 is 0 Å². The van der Waals surface area contributed by atoms with Crippen molar-refractivity contribution in [2.24, 2.45) is 0 Å². The number of rotatable bonds is 5. The highest BCUT2D eigenvalue weighted by atomic mass is 35.5. The Morgan fingerprint density at radius 1 is 1.03 bits per heavy atom. The quantitative estimate of drug-likeness (QED) is 0.448. The van der Waals surface area contributed by atoms with Crippen LogP contribution < -0.4 is 14.5 Å². The molecule has 3 aromatic carbocycles. The highest BCUT2D eigenvalue weighted by molar-refractivity contribution is 6.30. The van der Waals surface area contributed by atoms with Gasteiger partial charge in [0.25, 0.3) is 5.91 Å². The van der Waals surface area contributed by atoms with E-state index in [2.05, 4.69) is 0 Å². The monoisotopic (exact) mass is 462 g/mol. The van der Waals surface area contributed by atoms with Crippen LogP contribution in [-0.2, 0) is 4.79 Å². The van der Waals surface area contributed by atoms with Gasteiger partial charge in [-0.1, -0.05) is 36.7 Å². The minimum Gasteiger partial charge on any atom is -0.497 e. The van der Waals surface area contributed by atoms with Crippen LogP contribution in [0.4, 0.5) is 11.4 Å². The lowest BCUT2D eigenvalue weighted by Gasteiger charge is -2.43. The number of fused-ring (bicyclic) bond motifs is 1. The summed E-state index contributed by atoms with van der Waals surface area (Å²) in [6.07, 6.45) is 0.997. The molecule has 5 nitrogen and oxygen atoms in total. The highest BCUT2D eigenvalue weighted by Gasteiger charge is 2.38. The smallest absolute Gasteiger partial charge is 0.258 e. The van der Waals surface area contributed by atoms with Crippen molar-refractivity contribution >= 4 is 34.8 Å². The fourth-order valence-electron chi connectivity index (χ4n) is 4.48. The summed E-state index contributed by atoms with van der Waals surface area (Å²) in [5.41, 5.74) is 3.17. The molecule has 2 atom stereocenters. The van der Waals surface area contributed by atoms with E-state index in [1.165, 1.54) is 0 Å². The molecule has 170 valence electrons. The van der Waals surface area contributed by atoms with Crippen molar-refractivity contribution in [1.82, 2.24) is 0 Å². The molecule has 0 aliphatic carbocycles. The van der Waals surface area contributed by atoms with E-state index in [4.69, 9.17) is 16.3 Å². The molecule has 6 heteroatoms. The summed E-state index contributed by atoms with van der Waals surface area (Å²) in [6.45, 7) is 3.89. The number of hydrogen-bond donors (Lipinski definition) is 0. The Kier molecular flexibility index (Phi) is 6.70. The fourth-order valence-corrected chi connectivity index (χ4v) is 4.60. The van der Waals surface area contributed by atoms with E-state index in [1.54, 1.807) is 43.5 Å². The molecule has 0 fully saturated rings. The molecular formula is C27H27ClN2O3. The van der Waals surface area contributed by atoms with Crippen molar-refractivity contribution in [2.45, 2.75) is 38.8 Å². The molecule has 2 unspecified atom stereocenters. The van der Waals surface area contributed by atoms with Gasteiger partial charge in [-0.05, 0) is 73.5 Å². The van der Waals surface area contributed by atoms with Crippen LogP contribution in [0.25, 0.3) is 0 Å². The topological polar surface area (TPSA) is 49.9 Å². The molecule has 1 heterocycles. The number of anilines is 2. The third kappa shape index (κ3) is 4.46. The maximum absolute atomic E-state index is 13.5. The van der Waals surface area contributed by atoms with E-state index in [9.17, 15) is 9.59 Å². The zero-order valence-corrected chi connectivity index (χ0v) is 19.8. The van der Waals surface area contributed by atoms with Crippen LogP contribution in [-0.4, -0.2) is 25.0 Å². The van der Waals surface area contributed by atoms with E-state index in [0.29, 0.717) is 29.2 Å². The Balaban J connectivity index is 1.76. The minimum atomic E-state index is -0.190. The molecule has 0 bridgehead atoms. The summed E-state index contributed by atoms with van der Waals surface area (Å²) in [5.74, 6) is 0.658. The Morgan fingerprint density at radius 2 is 1.70 bits per heavy atom. The summed E-state index contributed by atoms with van der Waals surface area (Å²) in [7, 11) is 1.60. The van der Waals surface area contributed by atoms with E-state index in [-0.39, 0.29) is 23.9 Å². The lowest BCUT2D eigenvalue weighted by molar-refractivity contribution is -0.118. The molecule has 0 aromatic heterocycles. The Hall–Kier alpha value is -3.31. The average molecular weight is 463 g/mol. The van der Waals surface area contributed by atoms with Crippen LogP contribution in [0.15, 0.2) is 72.8 Å². The number of carbonyl (C=O) groups excluding carboxylic acids is 2. The van der Waals surface area contributed by atoms with Gasteiger partial charge in [0, 0.05) is 34.4 Å². The second-order valence-corrected chi connectivity index (χ2v) is 8.59. The molecule has 0 saturated heterocycles. The van der Waals surface area contributed by atoms with Gasteiger partial charge < -0.3 is 14.5 Å². The van der Waals surface area contributed by atoms with Crippen molar-refractivity contribution < 1.29 is 14.3 Å². The van der Waals surface area contributed by atoms with E-state index in [0.717, 1.165) is 16.9 Å². The average Bonchev–Trinajstić information content (AvgIpc) is 2.85. The molecule has 0 saturated carbocycles. The van der Waals surface area contributed by atoms with Crippen LogP contribution in [0.3, 0.4) is 0 Å². The molecule has 33 heavy (non-hydrogen) atoms. The maximum atomic E-state index is 13.5. The zero-order chi connectivity index (χ0) is 23.5. The normalized spacial score (nSPS) is 17.3. The number of halogens is 1. The predicted molar refractivity (Wildman–Crippen MR) is 132 cm³/mol. The van der Waals surface area contributed by atoms with Crippen LogP contribution in [0.2, 0.25) is 5.02 Å². The van der Waals surface area contributed by atoms with Crippen molar-refractivity contribution in [2.75, 3.05) is 16.9 Å². The molecular weight excluding hydrogens is 436 g/mol. The second-order valence-electron chi connectivity index (χ2n) is 8.16. The number of hydrogen-bond acceptors (Lipinski definition) is 3. The van der Waals surface area contributed by atoms with Crippen LogP contribution >= 0.6 is 11.6 Å². The van der Waals surface area contributed by atoms with E-state index < -0.39 is 0 Å². The number of benzene rings is 3. The number of para-hydroxylation sites is 1. The van der Waals surface area contributed by atoms with Gasteiger partial charge in [-0.3, -0.25) is 9.59 Å². The van der Waals surface area contributed by atoms with Crippen molar-refractivity contribution in [3.05, 3.63) is 88.9 Å². The number of methoxy groups -OCH3 is 1. The first-order chi connectivity index (χ1) is 15.9. The summed E-state index contributed by atoms with van der Waals surface area (Å²) < 4.78 is 5.22. The number of ether oxygens (including phenoxy) is 1. The molecule has 0 radical (unpaired) electrons. The lowest BCUT2D eigenvalue weighted by atomic mass is 9.89. The fraction of sp³-hybridized carbons (Fsp3) is 0.259. The maximum Gasteiger partial charge on any atom is 0.258 e.